The summed E-state index contributed by atoms with van der Waals surface area (Å²) in [5.41, 5.74) is -0.305. The van der Waals surface area contributed by atoms with E-state index in [4.69, 9.17) is 4.74 Å². The maximum Gasteiger partial charge on any atom is 0.409 e. The van der Waals surface area contributed by atoms with Gasteiger partial charge in [-0.05, 0) is 44.7 Å². The van der Waals surface area contributed by atoms with Crippen LogP contribution >= 0.6 is 0 Å². The molecule has 0 aliphatic carbocycles. The summed E-state index contributed by atoms with van der Waals surface area (Å²) in [5.74, 6) is -0.243. The number of nitrogens with zero attached hydrogens (tertiary/aromatic N) is 3. The van der Waals surface area contributed by atoms with Gasteiger partial charge in [-0.2, -0.15) is 0 Å². The van der Waals surface area contributed by atoms with Crippen LogP contribution in [0.15, 0.2) is 30.3 Å². The first-order valence-electron chi connectivity index (χ1n) is 10.9. The Hall–Kier alpha value is -3.10. The molecule has 3 heterocycles. The van der Waals surface area contributed by atoms with Gasteiger partial charge in [0.05, 0.1) is 6.61 Å². The first kappa shape index (κ1) is 21.1. The molecule has 1 N–H and O–H groups in total. The summed E-state index contributed by atoms with van der Waals surface area (Å²) in [6.45, 7) is 3.78. The topological polar surface area (TPSA) is 99.3 Å². The Morgan fingerprint density at radius 3 is 2.29 bits per heavy atom. The van der Waals surface area contributed by atoms with Crippen LogP contribution in [0.3, 0.4) is 0 Å². The third kappa shape index (κ3) is 3.96. The van der Waals surface area contributed by atoms with Crippen molar-refractivity contribution in [1.29, 1.82) is 0 Å². The predicted octanol–water partition coefficient (Wildman–Crippen LogP) is 1.83. The average molecular weight is 428 g/mol. The van der Waals surface area contributed by atoms with Gasteiger partial charge in [0.1, 0.15) is 5.54 Å². The van der Waals surface area contributed by atoms with Crippen molar-refractivity contribution in [2.24, 2.45) is 0 Å². The molecule has 9 nitrogen and oxygen atoms in total. The van der Waals surface area contributed by atoms with E-state index in [1.807, 2.05) is 18.2 Å². The normalized spacial score (nSPS) is 21.4. The Bertz CT molecular complexity index is 858. The van der Waals surface area contributed by atoms with Crippen LogP contribution in [0.4, 0.5) is 9.59 Å². The highest BCUT2D eigenvalue weighted by molar-refractivity contribution is 6.07. The van der Waals surface area contributed by atoms with Crippen molar-refractivity contribution in [3.63, 3.8) is 0 Å². The van der Waals surface area contributed by atoms with Crippen LogP contribution in [0.25, 0.3) is 0 Å². The molecule has 3 fully saturated rings. The van der Waals surface area contributed by atoms with E-state index < -0.39 is 5.54 Å². The molecule has 166 valence electrons. The van der Waals surface area contributed by atoms with Crippen LogP contribution in [-0.2, 0) is 9.53 Å². The van der Waals surface area contributed by atoms with Crippen molar-refractivity contribution in [2.75, 3.05) is 32.8 Å². The molecule has 1 spiro atoms. The molecule has 0 radical (unpaired) electrons. The van der Waals surface area contributed by atoms with Crippen molar-refractivity contribution < 1.29 is 23.9 Å². The van der Waals surface area contributed by atoms with Gasteiger partial charge in [-0.1, -0.05) is 18.2 Å². The number of amides is 5. The lowest BCUT2D eigenvalue weighted by Crippen LogP contribution is -2.56. The predicted molar refractivity (Wildman–Crippen MR) is 111 cm³/mol. The van der Waals surface area contributed by atoms with Crippen molar-refractivity contribution in [2.45, 2.75) is 44.2 Å². The largest absolute Gasteiger partial charge is 0.450 e. The van der Waals surface area contributed by atoms with Crippen molar-refractivity contribution in [3.8, 4) is 0 Å². The minimum atomic E-state index is -0.947. The molecule has 0 saturated carbocycles. The molecule has 0 aromatic heterocycles. The van der Waals surface area contributed by atoms with Crippen LogP contribution in [0.2, 0.25) is 0 Å². The molecule has 9 heteroatoms. The Morgan fingerprint density at radius 1 is 1.03 bits per heavy atom. The third-order valence-electron chi connectivity index (χ3n) is 6.47. The maximum atomic E-state index is 13.3. The summed E-state index contributed by atoms with van der Waals surface area (Å²) in [5, 5.41) is 2.90. The fourth-order valence-electron chi connectivity index (χ4n) is 4.69. The SMILES string of the molecule is CCOC(=O)N1CCC2(CC1)NC(=O)N(C1CCN(C(=O)c3ccccc3)CC1)C2=O. The highest BCUT2D eigenvalue weighted by Crippen LogP contribution is 2.33. The second kappa shape index (κ2) is 8.56. The summed E-state index contributed by atoms with van der Waals surface area (Å²) >= 11 is 0. The van der Waals surface area contributed by atoms with Crippen LogP contribution in [0.5, 0.6) is 0 Å². The number of imide groups is 1. The zero-order chi connectivity index (χ0) is 22.0. The fourth-order valence-corrected chi connectivity index (χ4v) is 4.69. The van der Waals surface area contributed by atoms with Crippen LogP contribution in [-0.4, -0.2) is 83.0 Å². The van der Waals surface area contributed by atoms with Gasteiger partial charge in [-0.25, -0.2) is 9.59 Å². The summed E-state index contributed by atoms with van der Waals surface area (Å²) in [7, 11) is 0. The third-order valence-corrected chi connectivity index (χ3v) is 6.47. The molecule has 1 aromatic rings. The number of likely N-dealkylation sites (tertiary alicyclic amines) is 2. The van der Waals surface area contributed by atoms with Crippen molar-refractivity contribution in [3.05, 3.63) is 35.9 Å². The number of urea groups is 1. The maximum absolute atomic E-state index is 13.3. The van der Waals surface area contributed by atoms with E-state index in [1.54, 1.807) is 28.9 Å². The quantitative estimate of drug-likeness (QED) is 0.741. The van der Waals surface area contributed by atoms with Crippen molar-refractivity contribution >= 4 is 23.9 Å². The zero-order valence-electron chi connectivity index (χ0n) is 17.7. The summed E-state index contributed by atoms with van der Waals surface area (Å²) < 4.78 is 5.03. The molecular formula is C22H28N4O5. The van der Waals surface area contributed by atoms with Gasteiger partial charge in [-0.15, -0.1) is 0 Å². The van der Waals surface area contributed by atoms with Crippen molar-refractivity contribution in [1.82, 2.24) is 20.0 Å². The van der Waals surface area contributed by atoms with E-state index in [-0.39, 0.29) is 30.0 Å². The number of nitrogens with one attached hydrogen (secondary N) is 1. The van der Waals surface area contributed by atoms with Gasteiger partial charge >= 0.3 is 12.1 Å². The molecule has 0 bridgehead atoms. The summed E-state index contributed by atoms with van der Waals surface area (Å²) in [4.78, 5) is 55.3. The monoisotopic (exact) mass is 428 g/mol. The lowest BCUT2D eigenvalue weighted by atomic mass is 9.87. The Morgan fingerprint density at radius 2 is 1.68 bits per heavy atom. The minimum Gasteiger partial charge on any atom is -0.450 e. The number of hydrogen-bond acceptors (Lipinski definition) is 5. The number of piperidine rings is 2. The molecule has 1 aromatic carbocycles. The molecule has 3 saturated heterocycles. The summed E-state index contributed by atoms with van der Waals surface area (Å²) in [6.07, 6.45) is 1.48. The van der Waals surface area contributed by atoms with Gasteiger partial charge in [0.2, 0.25) is 0 Å². The van der Waals surface area contributed by atoms with Gasteiger partial charge in [-0.3, -0.25) is 14.5 Å². The minimum absolute atomic E-state index is 0.0287. The molecule has 0 atom stereocenters. The number of benzene rings is 1. The number of rotatable bonds is 3. The molecule has 4 rings (SSSR count). The summed E-state index contributed by atoms with van der Waals surface area (Å²) in [6, 6.07) is 8.52. The smallest absolute Gasteiger partial charge is 0.409 e. The van der Waals surface area contributed by atoms with Gasteiger partial charge in [0.25, 0.3) is 11.8 Å². The molecule has 3 aliphatic heterocycles. The molecule has 31 heavy (non-hydrogen) atoms. The van der Waals surface area contributed by atoms with E-state index in [9.17, 15) is 19.2 Å². The number of ether oxygens (including phenoxy) is 1. The van der Waals surface area contributed by atoms with Gasteiger partial charge in [0.15, 0.2) is 0 Å². The Balaban J connectivity index is 1.36. The van der Waals surface area contributed by atoms with E-state index >= 15 is 0 Å². The second-order valence-corrected chi connectivity index (χ2v) is 8.26. The van der Waals surface area contributed by atoms with E-state index in [1.165, 1.54) is 4.90 Å². The van der Waals surface area contributed by atoms with Gasteiger partial charge in [0, 0.05) is 37.8 Å². The fraction of sp³-hybridized carbons (Fsp3) is 0.545. The van der Waals surface area contributed by atoms with Crippen LogP contribution in [0, 0.1) is 0 Å². The van der Waals surface area contributed by atoms with E-state index in [0.29, 0.717) is 64.0 Å². The molecule has 5 amide bonds. The number of hydrogen-bond donors (Lipinski definition) is 1. The van der Waals surface area contributed by atoms with E-state index in [0.717, 1.165) is 0 Å². The molecule has 0 unspecified atom stereocenters. The average Bonchev–Trinajstić information content (AvgIpc) is 3.03. The van der Waals surface area contributed by atoms with Crippen LogP contribution < -0.4 is 5.32 Å². The number of carbonyl (C=O) groups is 4. The highest BCUT2D eigenvalue weighted by Gasteiger charge is 2.54. The van der Waals surface area contributed by atoms with E-state index in [2.05, 4.69) is 5.32 Å². The highest BCUT2D eigenvalue weighted by atomic mass is 16.6. The van der Waals surface area contributed by atoms with Crippen LogP contribution in [0.1, 0.15) is 43.0 Å². The Labute approximate surface area is 181 Å². The Kier molecular flexibility index (Phi) is 5.84. The first-order valence-corrected chi connectivity index (χ1v) is 10.9. The number of carbonyl (C=O) groups excluding carboxylic acids is 4. The standard InChI is InChI=1S/C22H28N4O5/c1-2-31-21(30)25-14-10-22(11-15-25)19(28)26(20(29)23-22)17-8-12-24(13-9-17)18(27)16-6-4-3-5-7-16/h3-7,17H,2,8-15H2,1H3,(H,23,29). The zero-order valence-corrected chi connectivity index (χ0v) is 17.7. The lowest BCUT2D eigenvalue weighted by Gasteiger charge is -2.38. The second-order valence-electron chi connectivity index (χ2n) is 8.26. The van der Waals surface area contributed by atoms with Gasteiger partial charge < -0.3 is 19.9 Å². The first-order chi connectivity index (χ1) is 14.9. The molecular weight excluding hydrogens is 400 g/mol. The molecule has 3 aliphatic rings. The lowest BCUT2D eigenvalue weighted by molar-refractivity contribution is -0.135.